The molecule has 0 aliphatic carbocycles. The molecular formula is C14H19N5O. The van der Waals surface area contributed by atoms with Crippen LogP contribution in [0.25, 0.3) is 11.5 Å². The van der Waals surface area contributed by atoms with Gasteiger partial charge in [-0.3, -0.25) is 0 Å². The molecule has 3 rings (SSSR count). The number of hydrogen-bond donors (Lipinski definition) is 1. The molecule has 1 saturated heterocycles. The third-order valence-corrected chi connectivity index (χ3v) is 3.38. The van der Waals surface area contributed by atoms with Gasteiger partial charge in [0.15, 0.2) is 5.82 Å². The van der Waals surface area contributed by atoms with E-state index in [9.17, 15) is 0 Å². The number of aromatic nitrogens is 3. The second-order valence-corrected chi connectivity index (χ2v) is 4.91. The maximum atomic E-state index is 5.26. The highest BCUT2D eigenvalue weighted by Crippen LogP contribution is 2.19. The van der Waals surface area contributed by atoms with Crippen molar-refractivity contribution in [2.75, 3.05) is 31.1 Å². The standard InChI is InChI=1S/C14H19N5O/c1-2-3-12-17-14(20-18-12)11-4-5-13(16-10-11)19-8-6-15-7-9-19/h4-5,10,15H,2-3,6-9H2,1H3. The highest BCUT2D eigenvalue weighted by molar-refractivity contribution is 5.54. The zero-order chi connectivity index (χ0) is 13.8. The summed E-state index contributed by atoms with van der Waals surface area (Å²) in [5, 5.41) is 7.30. The van der Waals surface area contributed by atoms with Gasteiger partial charge >= 0.3 is 0 Å². The normalized spacial score (nSPS) is 15.6. The maximum absolute atomic E-state index is 5.26. The zero-order valence-electron chi connectivity index (χ0n) is 11.7. The second kappa shape index (κ2) is 6.00. The molecule has 0 unspecified atom stereocenters. The van der Waals surface area contributed by atoms with E-state index >= 15 is 0 Å². The van der Waals surface area contributed by atoms with E-state index < -0.39 is 0 Å². The van der Waals surface area contributed by atoms with Gasteiger partial charge in [0, 0.05) is 38.8 Å². The van der Waals surface area contributed by atoms with E-state index in [1.165, 1.54) is 0 Å². The molecule has 0 radical (unpaired) electrons. The minimum atomic E-state index is 0.549. The summed E-state index contributed by atoms with van der Waals surface area (Å²) in [7, 11) is 0. The lowest BCUT2D eigenvalue weighted by atomic mass is 10.2. The van der Waals surface area contributed by atoms with Crippen molar-refractivity contribution in [2.45, 2.75) is 19.8 Å². The Morgan fingerprint density at radius 2 is 2.15 bits per heavy atom. The molecule has 2 aromatic rings. The summed E-state index contributed by atoms with van der Waals surface area (Å²) >= 11 is 0. The second-order valence-electron chi connectivity index (χ2n) is 4.91. The number of piperazine rings is 1. The number of rotatable bonds is 4. The lowest BCUT2D eigenvalue weighted by Gasteiger charge is -2.28. The molecule has 0 spiro atoms. The van der Waals surface area contributed by atoms with Crippen LogP contribution in [0.3, 0.4) is 0 Å². The summed E-state index contributed by atoms with van der Waals surface area (Å²) in [5.74, 6) is 2.31. The van der Waals surface area contributed by atoms with Gasteiger partial charge in [0.1, 0.15) is 5.82 Å². The van der Waals surface area contributed by atoms with Gasteiger partial charge in [-0.25, -0.2) is 4.98 Å². The number of nitrogens with one attached hydrogen (secondary N) is 1. The fraction of sp³-hybridized carbons (Fsp3) is 0.500. The van der Waals surface area contributed by atoms with Crippen molar-refractivity contribution in [1.82, 2.24) is 20.4 Å². The summed E-state index contributed by atoms with van der Waals surface area (Å²) in [5.41, 5.74) is 0.874. The minimum Gasteiger partial charge on any atom is -0.354 e. The quantitative estimate of drug-likeness (QED) is 0.910. The Morgan fingerprint density at radius 1 is 1.30 bits per heavy atom. The van der Waals surface area contributed by atoms with Crippen LogP contribution in [0.2, 0.25) is 0 Å². The predicted octanol–water partition coefficient (Wildman–Crippen LogP) is 1.49. The molecule has 106 valence electrons. The lowest BCUT2D eigenvalue weighted by molar-refractivity contribution is 0.422. The van der Waals surface area contributed by atoms with Gasteiger partial charge in [0.2, 0.25) is 0 Å². The highest BCUT2D eigenvalue weighted by atomic mass is 16.5. The Bertz CT molecular complexity index is 545. The number of pyridine rings is 1. The minimum absolute atomic E-state index is 0.549. The monoisotopic (exact) mass is 273 g/mol. The predicted molar refractivity (Wildman–Crippen MR) is 76.6 cm³/mol. The van der Waals surface area contributed by atoms with E-state index in [0.717, 1.165) is 56.2 Å². The topological polar surface area (TPSA) is 67.1 Å². The first kappa shape index (κ1) is 13.1. The SMILES string of the molecule is CCCc1noc(-c2ccc(N3CCNCC3)nc2)n1. The molecule has 3 heterocycles. The smallest absolute Gasteiger partial charge is 0.259 e. The molecule has 1 aliphatic heterocycles. The molecule has 1 fully saturated rings. The molecular weight excluding hydrogens is 254 g/mol. The fourth-order valence-electron chi connectivity index (χ4n) is 2.29. The van der Waals surface area contributed by atoms with Gasteiger partial charge in [-0.15, -0.1) is 0 Å². The molecule has 6 nitrogen and oxygen atoms in total. The Kier molecular flexibility index (Phi) is 3.92. The van der Waals surface area contributed by atoms with Crippen LogP contribution < -0.4 is 10.2 Å². The molecule has 0 saturated carbocycles. The maximum Gasteiger partial charge on any atom is 0.259 e. The van der Waals surface area contributed by atoms with Crippen molar-refractivity contribution in [3.63, 3.8) is 0 Å². The third kappa shape index (κ3) is 2.80. The van der Waals surface area contributed by atoms with Crippen molar-refractivity contribution in [1.29, 1.82) is 0 Å². The summed E-state index contributed by atoms with van der Waals surface area (Å²) < 4.78 is 5.26. The molecule has 0 atom stereocenters. The zero-order valence-corrected chi connectivity index (χ0v) is 11.7. The van der Waals surface area contributed by atoms with Gasteiger partial charge < -0.3 is 14.7 Å². The van der Waals surface area contributed by atoms with E-state index in [1.807, 2.05) is 12.1 Å². The number of aryl methyl sites for hydroxylation is 1. The van der Waals surface area contributed by atoms with Crippen molar-refractivity contribution in [2.24, 2.45) is 0 Å². The molecule has 0 bridgehead atoms. The largest absolute Gasteiger partial charge is 0.354 e. The van der Waals surface area contributed by atoms with Crippen molar-refractivity contribution < 1.29 is 4.52 Å². The lowest BCUT2D eigenvalue weighted by Crippen LogP contribution is -2.43. The van der Waals surface area contributed by atoms with E-state index in [2.05, 4.69) is 32.3 Å². The van der Waals surface area contributed by atoms with E-state index in [1.54, 1.807) is 6.20 Å². The van der Waals surface area contributed by atoms with Crippen molar-refractivity contribution in [3.8, 4) is 11.5 Å². The molecule has 20 heavy (non-hydrogen) atoms. The van der Waals surface area contributed by atoms with E-state index in [4.69, 9.17) is 4.52 Å². The van der Waals surface area contributed by atoms with Crippen LogP contribution in [0.4, 0.5) is 5.82 Å². The van der Waals surface area contributed by atoms with E-state index in [-0.39, 0.29) is 0 Å². The van der Waals surface area contributed by atoms with Gasteiger partial charge in [-0.1, -0.05) is 12.1 Å². The Balaban J connectivity index is 1.74. The number of hydrogen-bond acceptors (Lipinski definition) is 6. The van der Waals surface area contributed by atoms with Gasteiger partial charge in [0.05, 0.1) is 5.56 Å². The van der Waals surface area contributed by atoms with Crippen LogP contribution in [0, 0.1) is 0 Å². The average Bonchev–Trinajstić information content (AvgIpc) is 2.97. The molecule has 6 heteroatoms. The van der Waals surface area contributed by atoms with E-state index in [0.29, 0.717) is 5.89 Å². The van der Waals surface area contributed by atoms with Crippen LogP contribution in [0.15, 0.2) is 22.9 Å². The fourth-order valence-corrected chi connectivity index (χ4v) is 2.29. The van der Waals surface area contributed by atoms with Crippen LogP contribution in [0.5, 0.6) is 0 Å². The van der Waals surface area contributed by atoms with Gasteiger partial charge in [-0.05, 0) is 18.6 Å². The average molecular weight is 273 g/mol. The van der Waals surface area contributed by atoms with Crippen LogP contribution in [-0.2, 0) is 6.42 Å². The first-order valence-corrected chi connectivity index (χ1v) is 7.11. The van der Waals surface area contributed by atoms with Crippen LogP contribution >= 0.6 is 0 Å². The number of nitrogens with zero attached hydrogens (tertiary/aromatic N) is 4. The van der Waals surface area contributed by atoms with Gasteiger partial charge in [0.25, 0.3) is 5.89 Å². The summed E-state index contributed by atoms with van der Waals surface area (Å²) in [6.45, 7) is 6.10. The summed E-state index contributed by atoms with van der Waals surface area (Å²) in [4.78, 5) is 11.1. The first-order valence-electron chi connectivity index (χ1n) is 7.11. The van der Waals surface area contributed by atoms with Crippen molar-refractivity contribution in [3.05, 3.63) is 24.2 Å². The first-order chi connectivity index (χ1) is 9.86. The summed E-state index contributed by atoms with van der Waals surface area (Å²) in [6, 6.07) is 4.01. The molecule has 1 N–H and O–H groups in total. The Labute approximate surface area is 118 Å². The molecule has 1 aliphatic rings. The highest BCUT2D eigenvalue weighted by Gasteiger charge is 2.13. The Morgan fingerprint density at radius 3 is 2.85 bits per heavy atom. The molecule has 2 aromatic heterocycles. The van der Waals surface area contributed by atoms with Crippen LogP contribution in [-0.4, -0.2) is 41.3 Å². The van der Waals surface area contributed by atoms with Crippen LogP contribution in [0.1, 0.15) is 19.2 Å². The number of anilines is 1. The summed E-state index contributed by atoms with van der Waals surface area (Å²) in [6.07, 6.45) is 3.66. The van der Waals surface area contributed by atoms with Gasteiger partial charge in [-0.2, -0.15) is 4.98 Å². The molecule has 0 aromatic carbocycles. The molecule has 0 amide bonds. The third-order valence-electron chi connectivity index (χ3n) is 3.38. The Hall–Kier alpha value is -1.95. The van der Waals surface area contributed by atoms with Crippen molar-refractivity contribution >= 4 is 5.82 Å².